The van der Waals surface area contributed by atoms with E-state index in [-0.39, 0.29) is 0 Å². The van der Waals surface area contributed by atoms with E-state index >= 15 is 0 Å². The van der Waals surface area contributed by atoms with Crippen molar-refractivity contribution in [2.24, 2.45) is 0 Å². The van der Waals surface area contributed by atoms with Gasteiger partial charge in [0.25, 0.3) is 0 Å². The maximum absolute atomic E-state index is 7.09. The largest absolute Gasteiger partial charge is 0.534 e. The standard InChI is InChI=1S/C28H24OSi/c1-4-12-23(13-5-1)20-21-25-22-24-14-10-11-19-28(24)30(29-25,26-15-6-2-7-16-26)27-17-8-3-9-18-27/h1-19,22H,20-21H2. The Morgan fingerprint density at radius 3 is 1.70 bits per heavy atom. The van der Waals surface area contributed by atoms with Crippen molar-refractivity contribution in [2.75, 3.05) is 0 Å². The van der Waals surface area contributed by atoms with Crippen LogP contribution in [0, 0.1) is 0 Å². The number of allylic oxidation sites excluding steroid dienone is 1. The zero-order valence-electron chi connectivity index (χ0n) is 16.9. The molecule has 5 rings (SSSR count). The summed E-state index contributed by atoms with van der Waals surface area (Å²) in [5.41, 5.74) is 2.62. The number of rotatable bonds is 5. The van der Waals surface area contributed by atoms with Gasteiger partial charge in [0.1, 0.15) is 0 Å². The first-order valence-electron chi connectivity index (χ1n) is 10.5. The van der Waals surface area contributed by atoms with Crippen molar-refractivity contribution in [3.63, 3.8) is 0 Å². The molecule has 0 fully saturated rings. The summed E-state index contributed by atoms with van der Waals surface area (Å²) in [5.74, 6) is 1.08. The van der Waals surface area contributed by atoms with E-state index in [0.29, 0.717) is 0 Å². The summed E-state index contributed by atoms with van der Waals surface area (Å²) < 4.78 is 7.09. The SMILES string of the molecule is C1=C(CCc2ccccc2)O[Si](c2ccccc2)(c2ccccc2)c2ccccc21. The monoisotopic (exact) mass is 404 g/mol. The molecule has 0 N–H and O–H groups in total. The summed E-state index contributed by atoms with van der Waals surface area (Å²) >= 11 is 0. The van der Waals surface area contributed by atoms with Gasteiger partial charge in [-0.15, -0.1) is 0 Å². The average molecular weight is 405 g/mol. The number of hydrogen-bond donors (Lipinski definition) is 0. The van der Waals surface area contributed by atoms with E-state index in [1.165, 1.54) is 26.7 Å². The van der Waals surface area contributed by atoms with Crippen LogP contribution in [0.1, 0.15) is 17.5 Å². The summed E-state index contributed by atoms with van der Waals surface area (Å²) in [5, 5.41) is 3.90. The highest BCUT2D eigenvalue weighted by molar-refractivity contribution is 7.07. The third kappa shape index (κ3) is 3.40. The van der Waals surface area contributed by atoms with Crippen LogP contribution in [0.25, 0.3) is 6.08 Å². The molecule has 1 aliphatic heterocycles. The second-order valence-corrected chi connectivity index (χ2v) is 11.0. The van der Waals surface area contributed by atoms with Gasteiger partial charge in [0.2, 0.25) is 0 Å². The summed E-state index contributed by atoms with van der Waals surface area (Å²) in [4.78, 5) is 0. The molecule has 1 aliphatic rings. The minimum atomic E-state index is -2.63. The van der Waals surface area contributed by atoms with Crippen LogP contribution in [0.3, 0.4) is 0 Å². The molecule has 146 valence electrons. The Labute approximate surface area is 179 Å². The fourth-order valence-electron chi connectivity index (χ4n) is 4.37. The van der Waals surface area contributed by atoms with Gasteiger partial charge in [-0.05, 0) is 39.2 Å². The lowest BCUT2D eigenvalue weighted by atomic mass is 10.1. The molecule has 0 unspecified atom stereocenters. The topological polar surface area (TPSA) is 9.23 Å². The molecule has 0 atom stereocenters. The number of aryl methyl sites for hydroxylation is 1. The Bertz CT molecular complexity index is 1110. The van der Waals surface area contributed by atoms with E-state index < -0.39 is 8.32 Å². The first-order valence-corrected chi connectivity index (χ1v) is 12.4. The van der Waals surface area contributed by atoms with E-state index in [1.54, 1.807) is 0 Å². The van der Waals surface area contributed by atoms with Gasteiger partial charge >= 0.3 is 8.32 Å². The molecule has 30 heavy (non-hydrogen) atoms. The normalized spacial score (nSPS) is 14.3. The predicted molar refractivity (Wildman–Crippen MR) is 128 cm³/mol. The summed E-state index contributed by atoms with van der Waals surface area (Å²) in [7, 11) is -2.63. The highest BCUT2D eigenvalue weighted by Crippen LogP contribution is 2.25. The highest BCUT2D eigenvalue weighted by Gasteiger charge is 2.47. The first-order chi connectivity index (χ1) is 14.9. The maximum atomic E-state index is 7.09. The van der Waals surface area contributed by atoms with Gasteiger partial charge in [0.05, 0.1) is 5.76 Å². The highest BCUT2D eigenvalue weighted by atomic mass is 28.4. The molecule has 0 radical (unpaired) electrons. The number of hydrogen-bond acceptors (Lipinski definition) is 1. The fraction of sp³-hybridized carbons (Fsp3) is 0.0714. The average Bonchev–Trinajstić information content (AvgIpc) is 2.84. The van der Waals surface area contributed by atoms with Crippen LogP contribution in [-0.4, -0.2) is 8.32 Å². The van der Waals surface area contributed by atoms with Crippen molar-refractivity contribution in [3.05, 3.63) is 132 Å². The lowest BCUT2D eigenvalue weighted by Gasteiger charge is -2.38. The third-order valence-corrected chi connectivity index (χ3v) is 9.88. The van der Waals surface area contributed by atoms with Gasteiger partial charge in [0, 0.05) is 6.42 Å². The molecule has 0 saturated carbocycles. The third-order valence-electron chi connectivity index (χ3n) is 5.80. The Morgan fingerprint density at radius 2 is 1.07 bits per heavy atom. The zero-order valence-corrected chi connectivity index (χ0v) is 17.9. The Hall–Kier alpha value is -3.36. The smallest absolute Gasteiger partial charge is 0.347 e. The van der Waals surface area contributed by atoms with Crippen LogP contribution >= 0.6 is 0 Å². The van der Waals surface area contributed by atoms with Crippen molar-refractivity contribution < 1.29 is 4.43 Å². The van der Waals surface area contributed by atoms with Crippen molar-refractivity contribution in [1.82, 2.24) is 0 Å². The lowest BCUT2D eigenvalue weighted by Crippen LogP contribution is -2.70. The van der Waals surface area contributed by atoms with Gasteiger partial charge in [-0.2, -0.15) is 0 Å². The van der Waals surface area contributed by atoms with E-state index in [2.05, 4.69) is 121 Å². The van der Waals surface area contributed by atoms with E-state index in [9.17, 15) is 0 Å². The second-order valence-electron chi connectivity index (χ2n) is 7.70. The van der Waals surface area contributed by atoms with Crippen LogP contribution in [0.5, 0.6) is 0 Å². The van der Waals surface area contributed by atoms with Crippen LogP contribution in [0.15, 0.2) is 121 Å². The molecule has 0 aromatic heterocycles. The molecule has 0 amide bonds. The second kappa shape index (κ2) is 8.17. The minimum Gasteiger partial charge on any atom is -0.534 e. The van der Waals surface area contributed by atoms with Gasteiger partial charge in [0.15, 0.2) is 0 Å². The van der Waals surface area contributed by atoms with Crippen molar-refractivity contribution in [3.8, 4) is 0 Å². The number of benzene rings is 4. The predicted octanol–water partition coefficient (Wildman–Crippen LogP) is 4.66. The fourth-order valence-corrected chi connectivity index (χ4v) is 8.45. The molecular weight excluding hydrogens is 380 g/mol. The molecule has 1 nitrogen and oxygen atoms in total. The molecule has 4 aromatic carbocycles. The van der Waals surface area contributed by atoms with Crippen LogP contribution in [0.2, 0.25) is 0 Å². The van der Waals surface area contributed by atoms with Crippen LogP contribution in [-0.2, 0) is 10.8 Å². The minimum absolute atomic E-state index is 0.896. The molecule has 0 bridgehead atoms. The Kier molecular flexibility index (Phi) is 5.08. The zero-order chi connectivity index (χ0) is 20.2. The van der Waals surface area contributed by atoms with Crippen LogP contribution in [0.4, 0.5) is 0 Å². The van der Waals surface area contributed by atoms with Crippen molar-refractivity contribution >= 4 is 30.0 Å². The molecular formula is C28H24OSi. The first kappa shape index (κ1) is 18.7. The molecule has 1 heterocycles. The van der Waals surface area contributed by atoms with Crippen molar-refractivity contribution in [1.29, 1.82) is 0 Å². The van der Waals surface area contributed by atoms with Crippen LogP contribution < -0.4 is 15.6 Å². The summed E-state index contributed by atoms with van der Waals surface area (Å²) in [6.45, 7) is 0. The van der Waals surface area contributed by atoms with E-state index in [0.717, 1.165) is 18.6 Å². The Morgan fingerprint density at radius 1 is 0.533 bits per heavy atom. The molecule has 4 aromatic rings. The van der Waals surface area contributed by atoms with Gasteiger partial charge in [-0.1, -0.05) is 115 Å². The summed E-state index contributed by atoms with van der Waals surface area (Å²) in [6, 6.07) is 41.0. The van der Waals surface area contributed by atoms with E-state index in [4.69, 9.17) is 4.43 Å². The molecule has 0 aliphatic carbocycles. The lowest BCUT2D eigenvalue weighted by molar-refractivity contribution is 0.416. The van der Waals surface area contributed by atoms with Crippen molar-refractivity contribution in [2.45, 2.75) is 12.8 Å². The molecule has 0 saturated heterocycles. The van der Waals surface area contributed by atoms with Gasteiger partial charge in [-0.25, -0.2) is 0 Å². The Balaban J connectivity index is 1.64. The van der Waals surface area contributed by atoms with E-state index in [1.807, 2.05) is 0 Å². The number of fused-ring (bicyclic) bond motifs is 1. The molecule has 2 heteroatoms. The summed E-state index contributed by atoms with van der Waals surface area (Å²) in [6.07, 6.45) is 4.12. The van der Waals surface area contributed by atoms with Gasteiger partial charge < -0.3 is 4.43 Å². The maximum Gasteiger partial charge on any atom is 0.347 e. The molecule has 0 spiro atoms. The quantitative estimate of drug-likeness (QED) is 0.440. The van der Waals surface area contributed by atoms with Gasteiger partial charge in [-0.3, -0.25) is 0 Å².